The van der Waals surface area contributed by atoms with Gasteiger partial charge in [0.15, 0.2) is 5.82 Å². The zero-order valence-corrected chi connectivity index (χ0v) is 12.0. The summed E-state index contributed by atoms with van der Waals surface area (Å²) < 4.78 is 1.89. The van der Waals surface area contributed by atoms with Crippen molar-refractivity contribution in [1.29, 1.82) is 0 Å². The minimum atomic E-state index is 0.269. The summed E-state index contributed by atoms with van der Waals surface area (Å²) in [6, 6.07) is 6.11. The first-order valence-electron chi connectivity index (χ1n) is 6.64. The van der Waals surface area contributed by atoms with Crippen LogP contribution in [0.25, 0.3) is 11.4 Å². The first kappa shape index (κ1) is 13.5. The number of hydrogen-bond acceptors (Lipinski definition) is 4. The molecule has 0 saturated carbocycles. The molecule has 2 aromatic rings. The first-order chi connectivity index (χ1) is 9.00. The molecule has 102 valence electrons. The van der Waals surface area contributed by atoms with Crippen molar-refractivity contribution in [3.05, 3.63) is 23.8 Å². The van der Waals surface area contributed by atoms with Crippen molar-refractivity contribution in [1.82, 2.24) is 20.2 Å². The van der Waals surface area contributed by atoms with Crippen LogP contribution in [0, 0.1) is 12.8 Å². The molecule has 2 N–H and O–H groups in total. The van der Waals surface area contributed by atoms with Gasteiger partial charge in [-0.2, -0.15) is 0 Å². The topological polar surface area (TPSA) is 69.6 Å². The van der Waals surface area contributed by atoms with Crippen molar-refractivity contribution in [2.75, 3.05) is 5.73 Å². The summed E-state index contributed by atoms with van der Waals surface area (Å²) >= 11 is 0. The first-order valence-corrected chi connectivity index (χ1v) is 6.64. The average molecular weight is 259 g/mol. The van der Waals surface area contributed by atoms with E-state index in [4.69, 9.17) is 5.73 Å². The molecule has 0 aliphatic rings. The van der Waals surface area contributed by atoms with E-state index in [0.717, 1.165) is 29.1 Å². The molecule has 0 aliphatic heterocycles. The maximum Gasteiger partial charge on any atom is 0.182 e. The van der Waals surface area contributed by atoms with E-state index >= 15 is 0 Å². The Balaban J connectivity index is 2.41. The van der Waals surface area contributed by atoms with Crippen LogP contribution in [0.3, 0.4) is 0 Å². The van der Waals surface area contributed by atoms with Crippen molar-refractivity contribution in [3.8, 4) is 11.4 Å². The molecular weight excluding hydrogens is 238 g/mol. The van der Waals surface area contributed by atoms with E-state index in [0.29, 0.717) is 5.92 Å². The highest BCUT2D eigenvalue weighted by molar-refractivity contribution is 5.67. The van der Waals surface area contributed by atoms with Crippen molar-refractivity contribution in [2.45, 2.75) is 40.2 Å². The summed E-state index contributed by atoms with van der Waals surface area (Å²) in [5.74, 6) is 1.40. The highest BCUT2D eigenvalue weighted by Crippen LogP contribution is 2.27. The molecule has 0 radical (unpaired) electrons. The van der Waals surface area contributed by atoms with Crippen LogP contribution in [-0.4, -0.2) is 20.2 Å². The molecule has 1 unspecified atom stereocenters. The number of aromatic nitrogens is 4. The Bertz CT molecular complexity index is 559. The number of nitrogen functional groups attached to an aromatic ring is 1. The van der Waals surface area contributed by atoms with Gasteiger partial charge >= 0.3 is 0 Å². The lowest BCUT2D eigenvalue weighted by Crippen LogP contribution is -2.12. The predicted octanol–water partition coefficient (Wildman–Crippen LogP) is 2.84. The van der Waals surface area contributed by atoms with Gasteiger partial charge in [-0.15, -0.1) is 5.10 Å². The minimum Gasteiger partial charge on any atom is -0.398 e. The molecule has 0 fully saturated rings. The van der Waals surface area contributed by atoms with E-state index in [1.54, 1.807) is 0 Å². The number of nitrogens with zero attached hydrogens (tertiary/aromatic N) is 4. The molecule has 0 aliphatic carbocycles. The third-order valence-electron chi connectivity index (χ3n) is 3.34. The Kier molecular flexibility index (Phi) is 3.83. The van der Waals surface area contributed by atoms with Crippen LogP contribution in [0.15, 0.2) is 18.2 Å². The maximum atomic E-state index is 5.96. The fraction of sp³-hybridized carbons (Fsp3) is 0.500. The summed E-state index contributed by atoms with van der Waals surface area (Å²) in [6.07, 6.45) is 1.04. The molecule has 1 heterocycles. The quantitative estimate of drug-likeness (QED) is 0.857. The Hall–Kier alpha value is -1.91. The molecule has 0 saturated heterocycles. The van der Waals surface area contributed by atoms with Gasteiger partial charge in [-0.3, -0.25) is 0 Å². The second-order valence-electron chi connectivity index (χ2n) is 5.45. The fourth-order valence-corrected chi connectivity index (χ4v) is 2.35. The fourth-order valence-electron chi connectivity index (χ4n) is 2.35. The molecule has 0 amide bonds. The second-order valence-corrected chi connectivity index (χ2v) is 5.45. The largest absolute Gasteiger partial charge is 0.398 e. The molecule has 5 heteroatoms. The highest BCUT2D eigenvalue weighted by Gasteiger charge is 2.17. The van der Waals surface area contributed by atoms with Crippen molar-refractivity contribution < 1.29 is 0 Å². The van der Waals surface area contributed by atoms with Gasteiger partial charge in [0.2, 0.25) is 0 Å². The second kappa shape index (κ2) is 5.38. The van der Waals surface area contributed by atoms with Gasteiger partial charge in [0.05, 0.1) is 6.04 Å². The van der Waals surface area contributed by atoms with Gasteiger partial charge in [-0.25, -0.2) is 4.68 Å². The number of hydrogen-bond donors (Lipinski definition) is 1. The van der Waals surface area contributed by atoms with E-state index < -0.39 is 0 Å². The molecule has 1 aromatic heterocycles. The number of benzene rings is 1. The lowest BCUT2D eigenvalue weighted by molar-refractivity contribution is 0.394. The van der Waals surface area contributed by atoms with Crippen molar-refractivity contribution >= 4 is 5.69 Å². The molecular formula is C14H21N5. The Morgan fingerprint density at radius 1 is 1.26 bits per heavy atom. The molecule has 1 aromatic carbocycles. The summed E-state index contributed by atoms with van der Waals surface area (Å²) in [5, 5.41) is 12.1. The van der Waals surface area contributed by atoms with Gasteiger partial charge in [-0.05, 0) is 48.2 Å². The maximum absolute atomic E-state index is 5.96. The van der Waals surface area contributed by atoms with Gasteiger partial charge < -0.3 is 5.73 Å². The lowest BCUT2D eigenvalue weighted by atomic mass is 10.0. The summed E-state index contributed by atoms with van der Waals surface area (Å²) in [6.45, 7) is 8.54. The van der Waals surface area contributed by atoms with Crippen LogP contribution in [0.4, 0.5) is 5.69 Å². The highest BCUT2D eigenvalue weighted by atomic mass is 15.5. The van der Waals surface area contributed by atoms with Gasteiger partial charge in [0.1, 0.15) is 0 Å². The van der Waals surface area contributed by atoms with Crippen molar-refractivity contribution in [2.24, 2.45) is 5.92 Å². The summed E-state index contributed by atoms with van der Waals surface area (Å²) in [7, 11) is 0. The van der Waals surface area contributed by atoms with E-state index in [2.05, 4.69) is 36.3 Å². The lowest BCUT2D eigenvalue weighted by Gasteiger charge is -2.16. The molecule has 19 heavy (non-hydrogen) atoms. The van der Waals surface area contributed by atoms with Gasteiger partial charge in [0.25, 0.3) is 0 Å². The molecule has 2 rings (SSSR count). The average Bonchev–Trinajstić information content (AvgIpc) is 2.80. The normalized spacial score (nSPS) is 12.9. The van der Waals surface area contributed by atoms with Crippen LogP contribution >= 0.6 is 0 Å². The summed E-state index contributed by atoms with van der Waals surface area (Å²) in [4.78, 5) is 0. The zero-order valence-electron chi connectivity index (χ0n) is 12.0. The van der Waals surface area contributed by atoms with Crippen molar-refractivity contribution in [3.63, 3.8) is 0 Å². The summed E-state index contributed by atoms with van der Waals surface area (Å²) in [5.41, 5.74) is 8.75. The monoisotopic (exact) mass is 259 g/mol. The van der Waals surface area contributed by atoms with E-state index in [9.17, 15) is 0 Å². The van der Waals surface area contributed by atoms with E-state index in [1.807, 2.05) is 29.8 Å². The Labute approximate surface area is 113 Å². The molecule has 5 nitrogen and oxygen atoms in total. The zero-order chi connectivity index (χ0) is 14.0. The van der Waals surface area contributed by atoms with Gasteiger partial charge in [0, 0.05) is 11.3 Å². The number of tetrazole rings is 1. The Morgan fingerprint density at radius 2 is 2.00 bits per heavy atom. The Morgan fingerprint density at radius 3 is 2.68 bits per heavy atom. The number of anilines is 1. The molecule has 0 spiro atoms. The van der Waals surface area contributed by atoms with E-state index in [1.165, 1.54) is 0 Å². The predicted molar refractivity (Wildman–Crippen MR) is 76.6 cm³/mol. The number of rotatable bonds is 4. The smallest absolute Gasteiger partial charge is 0.182 e. The molecule has 1 atom stereocenters. The van der Waals surface area contributed by atoms with Gasteiger partial charge in [-0.1, -0.05) is 26.0 Å². The molecule has 0 bridgehead atoms. The van der Waals surface area contributed by atoms with Crippen LogP contribution in [0.2, 0.25) is 0 Å². The third-order valence-corrected chi connectivity index (χ3v) is 3.34. The standard InChI is InChI=1S/C14H21N5/c1-9(2)8-10(3)19-14(16-17-18-19)12-6-5-7-13(15)11(12)4/h5-7,9-10H,8,15H2,1-4H3. The number of nitrogens with two attached hydrogens (primary N) is 1. The van der Waals surface area contributed by atoms with Crippen LogP contribution < -0.4 is 5.73 Å². The van der Waals surface area contributed by atoms with Crippen LogP contribution in [0.1, 0.15) is 38.8 Å². The van der Waals surface area contributed by atoms with E-state index in [-0.39, 0.29) is 6.04 Å². The minimum absolute atomic E-state index is 0.269. The van der Waals surface area contributed by atoms with Crippen LogP contribution in [0.5, 0.6) is 0 Å². The third kappa shape index (κ3) is 2.75. The van der Waals surface area contributed by atoms with Crippen LogP contribution in [-0.2, 0) is 0 Å². The SMILES string of the molecule is Cc1c(N)cccc1-c1nnnn1C(C)CC(C)C.